The van der Waals surface area contributed by atoms with Gasteiger partial charge in [-0.2, -0.15) is 0 Å². The van der Waals surface area contributed by atoms with Gasteiger partial charge in [-0.25, -0.2) is 13.4 Å². The van der Waals surface area contributed by atoms with Crippen LogP contribution in [0.25, 0.3) is 11.0 Å². The lowest BCUT2D eigenvalue weighted by atomic mass is 10.3. The van der Waals surface area contributed by atoms with Crippen molar-refractivity contribution in [2.24, 2.45) is 0 Å². The van der Waals surface area contributed by atoms with Crippen LogP contribution in [0.3, 0.4) is 0 Å². The van der Waals surface area contributed by atoms with Gasteiger partial charge < -0.3 is 4.57 Å². The van der Waals surface area contributed by atoms with Crippen molar-refractivity contribution < 1.29 is 8.42 Å². The van der Waals surface area contributed by atoms with Gasteiger partial charge in [0.15, 0.2) is 0 Å². The van der Waals surface area contributed by atoms with E-state index >= 15 is 0 Å². The Bertz CT molecular complexity index is 653. The molecule has 0 unspecified atom stereocenters. The molecule has 1 heterocycles. The maximum absolute atomic E-state index is 11.1. The molecule has 0 saturated heterocycles. The molecule has 0 amide bonds. The predicted molar refractivity (Wildman–Crippen MR) is 80.9 cm³/mol. The fourth-order valence-electron chi connectivity index (χ4n) is 1.96. The number of halogens is 2. The van der Waals surface area contributed by atoms with Crippen LogP contribution in [0, 0.1) is 0 Å². The van der Waals surface area contributed by atoms with Gasteiger partial charge in [-0.05, 0) is 18.6 Å². The van der Waals surface area contributed by atoms with Gasteiger partial charge in [-0.15, -0.1) is 24.0 Å². The number of nitrogens with zero attached hydrogens (tertiary/aromatic N) is 2. The van der Waals surface area contributed by atoms with E-state index in [4.69, 9.17) is 11.6 Å². The highest BCUT2D eigenvalue weighted by Gasteiger charge is 2.10. The summed E-state index contributed by atoms with van der Waals surface area (Å²) < 4.78 is 24.2. The second-order valence-corrected chi connectivity index (χ2v) is 6.81. The third-order valence-electron chi connectivity index (χ3n) is 2.75. The molecule has 2 aromatic rings. The number of aryl methyl sites for hydroxylation is 1. The van der Waals surface area contributed by atoms with E-state index in [-0.39, 0.29) is 18.2 Å². The first kappa shape index (κ1) is 16.3. The summed E-state index contributed by atoms with van der Waals surface area (Å²) in [5.74, 6) is 1.29. The quantitative estimate of drug-likeness (QED) is 0.795. The summed E-state index contributed by atoms with van der Waals surface area (Å²) in [7, 11) is -2.92. The number of rotatable bonds is 5. The first-order valence-corrected chi connectivity index (χ1v) is 8.28. The molecule has 0 aliphatic rings. The van der Waals surface area contributed by atoms with Gasteiger partial charge in [0.2, 0.25) is 0 Å². The lowest BCUT2D eigenvalue weighted by Crippen LogP contribution is -2.09. The average Bonchev–Trinajstić information content (AvgIpc) is 2.66. The molecule has 0 N–H and O–H groups in total. The fourth-order valence-corrected chi connectivity index (χ4v) is 2.82. The van der Waals surface area contributed by atoms with Crippen LogP contribution < -0.4 is 0 Å². The second kappa shape index (κ2) is 6.59. The van der Waals surface area contributed by atoms with E-state index in [9.17, 15) is 8.42 Å². The molecule has 1 aromatic heterocycles. The summed E-state index contributed by atoms with van der Waals surface area (Å²) in [5.41, 5.74) is 1.90. The zero-order valence-electron chi connectivity index (χ0n) is 10.5. The van der Waals surface area contributed by atoms with Gasteiger partial charge in [-0.3, -0.25) is 0 Å². The van der Waals surface area contributed by atoms with Crippen molar-refractivity contribution in [3.63, 3.8) is 0 Å². The predicted octanol–water partition coefficient (Wildman–Crippen LogP) is 2.63. The summed E-state index contributed by atoms with van der Waals surface area (Å²) in [6.07, 6.45) is 1.82. The molecule has 0 atom stereocenters. The molecule has 0 aliphatic carbocycles. The molecule has 0 radical (unpaired) electrons. The lowest BCUT2D eigenvalue weighted by Gasteiger charge is -2.06. The van der Waals surface area contributed by atoms with Gasteiger partial charge >= 0.3 is 0 Å². The van der Waals surface area contributed by atoms with E-state index in [1.807, 2.05) is 28.8 Å². The number of alkyl halides is 1. The molecule has 2 rings (SSSR count). The number of aromatic nitrogens is 2. The fraction of sp³-hybridized carbons (Fsp3) is 0.417. The van der Waals surface area contributed by atoms with Crippen LogP contribution in [0.15, 0.2) is 24.3 Å². The Balaban J connectivity index is 0.00000180. The Morgan fingerprint density at radius 2 is 2.00 bits per heavy atom. The molecule has 7 heteroatoms. The minimum absolute atomic E-state index is 0. The van der Waals surface area contributed by atoms with Gasteiger partial charge in [0, 0.05) is 12.8 Å². The summed E-state index contributed by atoms with van der Waals surface area (Å²) >= 11 is 5.87. The van der Waals surface area contributed by atoms with Gasteiger partial charge in [0.05, 0.1) is 22.7 Å². The summed E-state index contributed by atoms with van der Waals surface area (Å²) in [5, 5.41) is 0. The van der Waals surface area contributed by atoms with Gasteiger partial charge in [-0.1, -0.05) is 12.1 Å². The van der Waals surface area contributed by atoms with Crippen molar-refractivity contribution in [1.29, 1.82) is 0 Å². The third kappa shape index (κ3) is 4.09. The molecule has 0 aliphatic heterocycles. The van der Waals surface area contributed by atoms with Crippen LogP contribution in [0.4, 0.5) is 0 Å². The molecule has 0 fully saturated rings. The number of hydrogen-bond donors (Lipinski definition) is 0. The normalized spacial score (nSPS) is 11.5. The minimum atomic E-state index is -2.92. The lowest BCUT2D eigenvalue weighted by molar-refractivity contribution is 0.591. The van der Waals surface area contributed by atoms with Crippen LogP contribution in [0.5, 0.6) is 0 Å². The van der Waals surface area contributed by atoms with E-state index in [1.54, 1.807) is 0 Å². The standard InChI is InChI=1S/C12H15ClN2O2S.ClH/c1-18(16,17)8-4-7-15-11-6-3-2-5-10(11)14-12(15)9-13;/h2-3,5-6H,4,7-9H2,1H3;1H. The Kier molecular flexibility index (Phi) is 5.64. The van der Waals surface area contributed by atoms with Crippen molar-refractivity contribution in [2.45, 2.75) is 18.8 Å². The zero-order chi connectivity index (χ0) is 13.2. The Morgan fingerprint density at radius 3 is 2.63 bits per heavy atom. The van der Waals surface area contributed by atoms with Crippen LogP contribution >= 0.6 is 24.0 Å². The highest BCUT2D eigenvalue weighted by Crippen LogP contribution is 2.17. The average molecular weight is 323 g/mol. The Hall–Kier alpha value is -0.780. The van der Waals surface area contributed by atoms with E-state index in [2.05, 4.69) is 4.98 Å². The van der Waals surface area contributed by atoms with Crippen LogP contribution in [-0.4, -0.2) is 30.0 Å². The Morgan fingerprint density at radius 1 is 1.32 bits per heavy atom. The Labute approximate surface area is 124 Å². The summed E-state index contributed by atoms with van der Waals surface area (Å²) in [4.78, 5) is 4.43. The number of fused-ring (bicyclic) bond motifs is 1. The number of benzene rings is 1. The van der Waals surface area contributed by atoms with Crippen molar-refractivity contribution in [2.75, 3.05) is 12.0 Å². The number of para-hydroxylation sites is 2. The zero-order valence-corrected chi connectivity index (χ0v) is 12.9. The van der Waals surface area contributed by atoms with Crippen LogP contribution in [0.2, 0.25) is 0 Å². The number of hydrogen-bond acceptors (Lipinski definition) is 3. The van der Waals surface area contributed by atoms with Crippen LogP contribution in [0.1, 0.15) is 12.2 Å². The molecule has 4 nitrogen and oxygen atoms in total. The highest BCUT2D eigenvalue weighted by molar-refractivity contribution is 7.90. The first-order chi connectivity index (χ1) is 8.51. The molecule has 1 aromatic carbocycles. The molecular weight excluding hydrogens is 307 g/mol. The number of sulfone groups is 1. The van der Waals surface area contributed by atoms with E-state index < -0.39 is 9.84 Å². The van der Waals surface area contributed by atoms with E-state index in [0.29, 0.717) is 18.8 Å². The smallest absolute Gasteiger partial charge is 0.147 e. The monoisotopic (exact) mass is 322 g/mol. The molecule has 0 spiro atoms. The van der Waals surface area contributed by atoms with Crippen molar-refractivity contribution in [1.82, 2.24) is 9.55 Å². The third-order valence-corrected chi connectivity index (χ3v) is 4.02. The van der Waals surface area contributed by atoms with Gasteiger partial charge in [0.25, 0.3) is 0 Å². The number of imidazole rings is 1. The second-order valence-electron chi connectivity index (χ2n) is 4.29. The summed E-state index contributed by atoms with van der Waals surface area (Å²) in [6, 6.07) is 7.76. The van der Waals surface area contributed by atoms with Crippen molar-refractivity contribution >= 4 is 44.9 Å². The molecule has 106 valence electrons. The van der Waals surface area contributed by atoms with E-state index in [1.165, 1.54) is 6.26 Å². The first-order valence-electron chi connectivity index (χ1n) is 5.69. The minimum Gasteiger partial charge on any atom is -0.327 e. The van der Waals surface area contributed by atoms with E-state index in [0.717, 1.165) is 16.9 Å². The summed E-state index contributed by atoms with van der Waals surface area (Å²) in [6.45, 7) is 0.621. The topological polar surface area (TPSA) is 52.0 Å². The molecule has 19 heavy (non-hydrogen) atoms. The highest BCUT2D eigenvalue weighted by atomic mass is 35.5. The molecular formula is C12H16Cl2N2O2S. The maximum Gasteiger partial charge on any atom is 0.147 e. The van der Waals surface area contributed by atoms with Crippen molar-refractivity contribution in [3.05, 3.63) is 30.1 Å². The van der Waals surface area contributed by atoms with Gasteiger partial charge in [0.1, 0.15) is 15.7 Å². The van der Waals surface area contributed by atoms with Crippen molar-refractivity contribution in [3.8, 4) is 0 Å². The largest absolute Gasteiger partial charge is 0.327 e. The van der Waals surface area contributed by atoms with Crippen LogP contribution in [-0.2, 0) is 22.3 Å². The maximum atomic E-state index is 11.1. The molecule has 0 saturated carbocycles. The SMILES string of the molecule is CS(=O)(=O)CCCn1c(CCl)nc2ccccc21.Cl. The molecule has 0 bridgehead atoms.